The summed E-state index contributed by atoms with van der Waals surface area (Å²) >= 11 is 5.90. The van der Waals surface area contributed by atoms with Crippen LogP contribution >= 0.6 is 11.6 Å². The lowest BCUT2D eigenvalue weighted by molar-refractivity contribution is -0.116. The topological polar surface area (TPSA) is 90.5 Å². The summed E-state index contributed by atoms with van der Waals surface area (Å²) in [6.45, 7) is -0.120. The van der Waals surface area contributed by atoms with Crippen LogP contribution in [0.15, 0.2) is 48.5 Å². The third-order valence-electron chi connectivity index (χ3n) is 4.12. The first-order valence-corrected chi connectivity index (χ1v) is 9.27. The number of nitrogens with one attached hydrogen (secondary N) is 3. The highest BCUT2D eigenvalue weighted by atomic mass is 35.5. The Morgan fingerprint density at radius 1 is 1.04 bits per heavy atom. The van der Waals surface area contributed by atoms with Gasteiger partial charge in [-0.25, -0.2) is 4.79 Å². The van der Waals surface area contributed by atoms with Gasteiger partial charge in [-0.05, 0) is 49.2 Å². The average Bonchev–Trinajstić information content (AvgIpc) is 3.45. The van der Waals surface area contributed by atoms with Gasteiger partial charge in [0.05, 0.1) is 6.54 Å². The maximum Gasteiger partial charge on any atom is 0.319 e. The van der Waals surface area contributed by atoms with Crippen LogP contribution in [-0.4, -0.2) is 42.4 Å². The molecular formula is C20H21ClN4O3. The fourth-order valence-electron chi connectivity index (χ4n) is 2.58. The molecule has 8 heteroatoms. The van der Waals surface area contributed by atoms with E-state index in [9.17, 15) is 14.4 Å². The van der Waals surface area contributed by atoms with Crippen molar-refractivity contribution in [1.29, 1.82) is 0 Å². The molecular weight excluding hydrogens is 380 g/mol. The Morgan fingerprint density at radius 2 is 1.71 bits per heavy atom. The monoisotopic (exact) mass is 400 g/mol. The SMILES string of the molecule is CN(CC(=O)Nc1cccc(Cl)c1)C(=O)c1cccc(NC(=O)NC2CC2)c1. The normalized spacial score (nSPS) is 12.8. The van der Waals surface area contributed by atoms with Crippen molar-refractivity contribution in [3.8, 4) is 0 Å². The Balaban J connectivity index is 1.56. The van der Waals surface area contributed by atoms with E-state index in [0.29, 0.717) is 22.0 Å². The molecule has 0 atom stereocenters. The van der Waals surface area contributed by atoms with E-state index in [1.165, 1.54) is 4.90 Å². The van der Waals surface area contributed by atoms with E-state index >= 15 is 0 Å². The van der Waals surface area contributed by atoms with Gasteiger partial charge >= 0.3 is 6.03 Å². The predicted molar refractivity (Wildman–Crippen MR) is 109 cm³/mol. The number of amides is 4. The Hall–Kier alpha value is -3.06. The number of rotatable bonds is 6. The summed E-state index contributed by atoms with van der Waals surface area (Å²) in [6.07, 6.45) is 1.99. The molecule has 28 heavy (non-hydrogen) atoms. The highest BCUT2D eigenvalue weighted by molar-refractivity contribution is 6.30. The Bertz CT molecular complexity index is 899. The van der Waals surface area contributed by atoms with E-state index in [1.807, 2.05) is 0 Å². The zero-order valence-electron chi connectivity index (χ0n) is 15.4. The van der Waals surface area contributed by atoms with Crippen molar-refractivity contribution in [3.63, 3.8) is 0 Å². The lowest BCUT2D eigenvalue weighted by Crippen LogP contribution is -2.35. The minimum Gasteiger partial charge on any atom is -0.335 e. The molecule has 4 amide bonds. The first kappa shape index (κ1) is 19.7. The third-order valence-corrected chi connectivity index (χ3v) is 4.35. The number of carbonyl (C=O) groups is 3. The summed E-state index contributed by atoms with van der Waals surface area (Å²) in [5.74, 6) is -0.663. The number of hydrogen-bond acceptors (Lipinski definition) is 3. The zero-order chi connectivity index (χ0) is 20.1. The highest BCUT2D eigenvalue weighted by Crippen LogP contribution is 2.19. The van der Waals surface area contributed by atoms with Gasteiger partial charge in [0.15, 0.2) is 0 Å². The molecule has 0 unspecified atom stereocenters. The molecule has 0 bridgehead atoms. The lowest BCUT2D eigenvalue weighted by Gasteiger charge is -2.17. The molecule has 0 saturated heterocycles. The van der Waals surface area contributed by atoms with Crippen molar-refractivity contribution in [2.24, 2.45) is 0 Å². The van der Waals surface area contributed by atoms with Crippen LogP contribution in [0.3, 0.4) is 0 Å². The molecule has 0 aliphatic heterocycles. The van der Waals surface area contributed by atoms with Gasteiger partial charge in [-0.15, -0.1) is 0 Å². The Kier molecular flexibility index (Phi) is 6.16. The van der Waals surface area contributed by atoms with Gasteiger partial charge in [0, 0.05) is 35.1 Å². The van der Waals surface area contributed by atoms with Gasteiger partial charge in [0.2, 0.25) is 5.91 Å². The smallest absolute Gasteiger partial charge is 0.319 e. The van der Waals surface area contributed by atoms with E-state index < -0.39 is 0 Å². The fraction of sp³-hybridized carbons (Fsp3) is 0.250. The lowest BCUT2D eigenvalue weighted by atomic mass is 10.1. The summed E-state index contributed by atoms with van der Waals surface area (Å²) in [4.78, 5) is 37.9. The summed E-state index contributed by atoms with van der Waals surface area (Å²) in [5.41, 5.74) is 1.45. The second-order valence-electron chi connectivity index (χ2n) is 6.67. The zero-order valence-corrected chi connectivity index (χ0v) is 16.1. The van der Waals surface area contributed by atoms with Crippen LogP contribution in [0, 0.1) is 0 Å². The maximum absolute atomic E-state index is 12.6. The molecule has 0 radical (unpaired) electrons. The van der Waals surface area contributed by atoms with Crippen molar-refractivity contribution < 1.29 is 14.4 Å². The number of benzene rings is 2. The number of nitrogens with zero attached hydrogens (tertiary/aromatic N) is 1. The minimum atomic E-state index is -0.337. The molecule has 3 rings (SSSR count). The van der Waals surface area contributed by atoms with Crippen LogP contribution < -0.4 is 16.0 Å². The van der Waals surface area contributed by atoms with E-state index in [4.69, 9.17) is 11.6 Å². The number of carbonyl (C=O) groups excluding carboxylic acids is 3. The molecule has 146 valence electrons. The van der Waals surface area contributed by atoms with Crippen molar-refractivity contribution >= 4 is 40.8 Å². The quantitative estimate of drug-likeness (QED) is 0.694. The molecule has 1 fully saturated rings. The minimum absolute atomic E-state index is 0.120. The molecule has 1 aliphatic rings. The van der Waals surface area contributed by atoms with Crippen molar-refractivity contribution in [1.82, 2.24) is 10.2 Å². The van der Waals surface area contributed by atoms with Crippen LogP contribution in [0.25, 0.3) is 0 Å². The first-order chi connectivity index (χ1) is 13.4. The number of halogens is 1. The fourth-order valence-corrected chi connectivity index (χ4v) is 2.77. The average molecular weight is 401 g/mol. The molecule has 3 N–H and O–H groups in total. The number of urea groups is 1. The van der Waals surface area contributed by atoms with Gasteiger partial charge in [-0.1, -0.05) is 23.7 Å². The van der Waals surface area contributed by atoms with Crippen LogP contribution in [0.4, 0.5) is 16.2 Å². The van der Waals surface area contributed by atoms with Gasteiger partial charge in [0.1, 0.15) is 0 Å². The van der Waals surface area contributed by atoms with Crippen LogP contribution in [0.2, 0.25) is 5.02 Å². The first-order valence-electron chi connectivity index (χ1n) is 8.89. The molecule has 1 saturated carbocycles. The summed E-state index contributed by atoms with van der Waals surface area (Å²) in [5, 5.41) is 8.74. The Morgan fingerprint density at radius 3 is 2.39 bits per heavy atom. The van der Waals surface area contributed by atoms with Crippen molar-refractivity contribution in [3.05, 3.63) is 59.1 Å². The summed E-state index contributed by atoms with van der Waals surface area (Å²) in [6, 6.07) is 13.3. The standard InChI is InChI=1S/C20H21ClN4O3/c1-25(12-18(26)22-17-7-3-5-14(21)11-17)19(27)13-4-2-6-16(10-13)24-20(28)23-15-8-9-15/h2-7,10-11,15H,8-9,12H2,1H3,(H,22,26)(H2,23,24,28). The number of hydrogen-bond donors (Lipinski definition) is 3. The maximum atomic E-state index is 12.6. The van der Waals surface area contributed by atoms with E-state index in [-0.39, 0.29) is 30.4 Å². The van der Waals surface area contributed by atoms with Crippen molar-refractivity contribution in [2.45, 2.75) is 18.9 Å². The molecule has 7 nitrogen and oxygen atoms in total. The number of likely N-dealkylation sites (N-methyl/N-ethyl adjacent to an activating group) is 1. The second-order valence-corrected chi connectivity index (χ2v) is 7.11. The van der Waals surface area contributed by atoms with Gasteiger partial charge < -0.3 is 20.9 Å². The predicted octanol–water partition coefficient (Wildman–Crippen LogP) is 3.33. The summed E-state index contributed by atoms with van der Waals surface area (Å²) < 4.78 is 0. The largest absolute Gasteiger partial charge is 0.335 e. The second kappa shape index (κ2) is 8.75. The van der Waals surface area contributed by atoms with E-state index in [1.54, 1.807) is 55.6 Å². The van der Waals surface area contributed by atoms with E-state index in [2.05, 4.69) is 16.0 Å². The molecule has 2 aromatic carbocycles. The van der Waals surface area contributed by atoms with Crippen molar-refractivity contribution in [2.75, 3.05) is 24.2 Å². The molecule has 1 aliphatic carbocycles. The van der Waals surface area contributed by atoms with Gasteiger partial charge in [0.25, 0.3) is 5.91 Å². The molecule has 0 spiro atoms. The van der Waals surface area contributed by atoms with Gasteiger partial charge in [-0.2, -0.15) is 0 Å². The Labute approximate surface area is 168 Å². The van der Waals surface area contributed by atoms with Gasteiger partial charge in [-0.3, -0.25) is 9.59 Å². The van der Waals surface area contributed by atoms with E-state index in [0.717, 1.165) is 12.8 Å². The molecule has 0 heterocycles. The molecule has 2 aromatic rings. The summed E-state index contributed by atoms with van der Waals surface area (Å²) in [7, 11) is 1.54. The molecule has 0 aromatic heterocycles. The van der Waals surface area contributed by atoms with Crippen LogP contribution in [0.5, 0.6) is 0 Å². The van der Waals surface area contributed by atoms with Crippen LogP contribution in [-0.2, 0) is 4.79 Å². The third kappa shape index (κ3) is 5.72. The highest BCUT2D eigenvalue weighted by Gasteiger charge is 2.23. The van der Waals surface area contributed by atoms with Crippen LogP contribution in [0.1, 0.15) is 23.2 Å². The number of anilines is 2.